The molecule has 8 nitrogen and oxygen atoms in total. The number of amides is 2. The first-order valence-corrected chi connectivity index (χ1v) is 11.7. The van der Waals surface area contributed by atoms with Crippen LogP contribution in [0.3, 0.4) is 0 Å². The molecule has 0 heterocycles. The van der Waals surface area contributed by atoms with Crippen molar-refractivity contribution in [2.75, 3.05) is 12.8 Å². The molecular weight excluding hydrogens is 393 g/mol. The van der Waals surface area contributed by atoms with E-state index in [4.69, 9.17) is 4.74 Å². The van der Waals surface area contributed by atoms with Crippen LogP contribution < -0.4 is 20.6 Å². The second kappa shape index (κ2) is 12.6. The van der Waals surface area contributed by atoms with Crippen molar-refractivity contribution < 1.29 is 23.8 Å². The van der Waals surface area contributed by atoms with Gasteiger partial charge in [0.25, 0.3) is 0 Å². The normalized spacial score (nSPS) is 14.3. The molecule has 0 saturated heterocycles. The number of rotatable bonds is 12. The number of hydrogen-bond donors (Lipinski definition) is 3. The number of nitrogens with one attached hydrogen (secondary N) is 3. The quantitative estimate of drug-likeness (QED) is 0.442. The Hall–Kier alpha value is -1.89. The molecule has 3 N–H and O–H groups in total. The van der Waals surface area contributed by atoms with Gasteiger partial charge in [-0.05, 0) is 30.2 Å². The molecule has 1 aromatic rings. The van der Waals surface area contributed by atoms with E-state index in [-0.39, 0.29) is 18.4 Å². The minimum absolute atomic E-state index is 0.0392. The molecule has 2 atom stereocenters. The summed E-state index contributed by atoms with van der Waals surface area (Å²) in [5, 5.41) is 7.40. The van der Waals surface area contributed by atoms with Crippen LogP contribution in [0.15, 0.2) is 30.3 Å². The summed E-state index contributed by atoms with van der Waals surface area (Å²) in [5.41, 5.74) is 0.793. The van der Waals surface area contributed by atoms with E-state index in [0.717, 1.165) is 12.0 Å². The monoisotopic (exact) mass is 426 g/mol. The molecule has 0 aliphatic heterocycles. The molecule has 0 spiro atoms. The van der Waals surface area contributed by atoms with Crippen molar-refractivity contribution in [2.45, 2.75) is 53.2 Å². The lowest BCUT2D eigenvalue weighted by Gasteiger charge is -2.30. The van der Waals surface area contributed by atoms with Crippen molar-refractivity contribution in [3.8, 4) is 0 Å². The summed E-state index contributed by atoms with van der Waals surface area (Å²) < 4.78 is 17.4. The fraction of sp³-hybridized carbons (Fsp3) is 0.600. The number of ether oxygens (including phenoxy) is 1. The van der Waals surface area contributed by atoms with Crippen LogP contribution in [0, 0.1) is 11.8 Å². The zero-order chi connectivity index (χ0) is 21.9. The van der Waals surface area contributed by atoms with Crippen LogP contribution in [0.25, 0.3) is 0 Å². The van der Waals surface area contributed by atoms with E-state index < -0.39 is 25.9 Å². The minimum Gasteiger partial charge on any atom is -0.787 e. The van der Waals surface area contributed by atoms with Gasteiger partial charge in [-0.25, -0.2) is 4.79 Å². The Morgan fingerprint density at radius 3 is 2.31 bits per heavy atom. The highest BCUT2D eigenvalue weighted by Gasteiger charge is 2.24. The number of benzene rings is 1. The van der Waals surface area contributed by atoms with Crippen molar-refractivity contribution in [3.05, 3.63) is 35.9 Å². The highest BCUT2D eigenvalue weighted by Crippen LogP contribution is 2.30. The molecule has 1 aromatic carbocycles. The van der Waals surface area contributed by atoms with Crippen LogP contribution in [-0.2, 0) is 20.7 Å². The van der Waals surface area contributed by atoms with Crippen LogP contribution in [0.1, 0.15) is 46.1 Å². The van der Waals surface area contributed by atoms with Crippen molar-refractivity contribution >= 4 is 19.5 Å². The number of carbonyl (C=O) groups excluding carboxylic acids is 2. The summed E-state index contributed by atoms with van der Waals surface area (Å²) >= 11 is 0. The van der Waals surface area contributed by atoms with Crippen molar-refractivity contribution in [1.29, 1.82) is 0 Å². The Labute approximate surface area is 173 Å². The zero-order valence-electron chi connectivity index (χ0n) is 17.6. The molecule has 1 unspecified atom stereocenters. The average Bonchev–Trinajstić information content (AvgIpc) is 2.64. The lowest BCUT2D eigenvalue weighted by Crippen LogP contribution is -2.47. The standard InChI is InChI=1S/C20H34N3O5P/c1-15(2)10-11-21-19(24)18(12-16(3)4)23-29(26,27)14-22-20(25)28-13-17-8-6-5-7-9-17/h5-9,15-16,18H,10-14H2,1-4H3,(H,21,24)(H,22,25)(H2,23,26,27)/p-1/t18-/m0/s1. The SMILES string of the molecule is CC(C)CCNC(=O)[C@H](CC(C)C)NP(=O)([O-])CNC(=O)OCc1ccccc1. The van der Waals surface area contributed by atoms with Gasteiger partial charge in [0.15, 0.2) is 0 Å². The average molecular weight is 426 g/mol. The smallest absolute Gasteiger partial charge is 0.407 e. The van der Waals surface area contributed by atoms with Crippen LogP contribution in [0.5, 0.6) is 0 Å². The fourth-order valence-corrected chi connectivity index (χ4v) is 3.65. The third-order valence-electron chi connectivity index (χ3n) is 4.04. The van der Waals surface area contributed by atoms with Gasteiger partial charge in [-0.2, -0.15) is 0 Å². The predicted octanol–water partition coefficient (Wildman–Crippen LogP) is 2.59. The summed E-state index contributed by atoms with van der Waals surface area (Å²) in [5.74, 6) is 0.192. The van der Waals surface area contributed by atoms with Crippen LogP contribution in [0.4, 0.5) is 4.79 Å². The van der Waals surface area contributed by atoms with Crippen LogP contribution >= 0.6 is 7.52 Å². The molecule has 9 heteroatoms. The minimum atomic E-state index is -4.23. The summed E-state index contributed by atoms with van der Waals surface area (Å²) in [6.07, 6.45) is -0.315. The molecule has 29 heavy (non-hydrogen) atoms. The molecule has 2 amide bonds. The lowest BCUT2D eigenvalue weighted by molar-refractivity contribution is -0.179. The van der Waals surface area contributed by atoms with Crippen molar-refractivity contribution in [2.24, 2.45) is 11.8 Å². The largest absolute Gasteiger partial charge is 0.787 e. The molecule has 1 rings (SSSR count). The second-order valence-corrected chi connectivity index (χ2v) is 9.78. The first-order chi connectivity index (χ1) is 13.6. The van der Waals surface area contributed by atoms with Gasteiger partial charge >= 0.3 is 6.09 Å². The van der Waals surface area contributed by atoms with E-state index in [2.05, 4.69) is 15.7 Å². The molecule has 0 radical (unpaired) electrons. The fourth-order valence-electron chi connectivity index (χ4n) is 2.52. The predicted molar refractivity (Wildman–Crippen MR) is 111 cm³/mol. The Morgan fingerprint density at radius 1 is 1.07 bits per heavy atom. The molecule has 0 saturated carbocycles. The van der Waals surface area contributed by atoms with Gasteiger partial charge in [0.05, 0.1) is 19.8 Å². The molecule has 0 aliphatic rings. The molecule has 0 bridgehead atoms. The van der Waals surface area contributed by atoms with E-state index in [1.165, 1.54) is 0 Å². The molecule has 164 valence electrons. The van der Waals surface area contributed by atoms with E-state index in [0.29, 0.717) is 18.9 Å². The Bertz CT molecular complexity index is 682. The van der Waals surface area contributed by atoms with Crippen LogP contribution in [0.2, 0.25) is 0 Å². The Balaban J connectivity index is 2.52. The third-order valence-corrected chi connectivity index (χ3v) is 5.32. The maximum absolute atomic E-state index is 12.4. The molecule has 0 fully saturated rings. The summed E-state index contributed by atoms with van der Waals surface area (Å²) in [7, 11) is -4.23. The first-order valence-electron chi connectivity index (χ1n) is 9.89. The van der Waals surface area contributed by atoms with Gasteiger partial charge in [0, 0.05) is 6.54 Å². The van der Waals surface area contributed by atoms with Gasteiger partial charge in [-0.3, -0.25) is 9.88 Å². The number of carbonyl (C=O) groups is 2. The topological polar surface area (TPSA) is 120 Å². The second-order valence-electron chi connectivity index (χ2n) is 7.85. The zero-order valence-corrected chi connectivity index (χ0v) is 18.5. The van der Waals surface area contributed by atoms with Gasteiger partial charge < -0.3 is 24.8 Å². The maximum atomic E-state index is 12.4. The van der Waals surface area contributed by atoms with E-state index in [1.54, 1.807) is 12.1 Å². The van der Waals surface area contributed by atoms with Gasteiger partial charge in [0.1, 0.15) is 6.61 Å². The summed E-state index contributed by atoms with van der Waals surface area (Å²) in [4.78, 5) is 36.5. The lowest BCUT2D eigenvalue weighted by atomic mass is 10.0. The van der Waals surface area contributed by atoms with Gasteiger partial charge in [0.2, 0.25) is 5.91 Å². The van der Waals surface area contributed by atoms with E-state index in [1.807, 2.05) is 45.9 Å². The highest BCUT2D eigenvalue weighted by atomic mass is 31.2. The van der Waals surface area contributed by atoms with E-state index >= 15 is 0 Å². The maximum Gasteiger partial charge on any atom is 0.407 e. The highest BCUT2D eigenvalue weighted by molar-refractivity contribution is 7.54. The molecule has 0 aliphatic carbocycles. The third kappa shape index (κ3) is 11.6. The van der Waals surface area contributed by atoms with Crippen LogP contribution in [-0.4, -0.2) is 30.9 Å². The van der Waals surface area contributed by atoms with Crippen molar-refractivity contribution in [3.63, 3.8) is 0 Å². The van der Waals surface area contributed by atoms with Gasteiger partial charge in [-0.1, -0.05) is 58.0 Å². The van der Waals surface area contributed by atoms with Crippen molar-refractivity contribution in [1.82, 2.24) is 15.7 Å². The first kappa shape index (κ1) is 25.1. The van der Waals surface area contributed by atoms with E-state index in [9.17, 15) is 19.0 Å². The number of hydrogen-bond acceptors (Lipinski definition) is 5. The Kier molecular flexibility index (Phi) is 10.9. The number of alkyl carbamates (subject to hydrolysis) is 1. The summed E-state index contributed by atoms with van der Waals surface area (Å²) in [6, 6.07) is 8.17. The Morgan fingerprint density at radius 2 is 1.72 bits per heavy atom. The summed E-state index contributed by atoms with van der Waals surface area (Å²) in [6.45, 7) is 8.43. The van der Waals surface area contributed by atoms with Gasteiger partial charge in [-0.15, -0.1) is 0 Å². The molecule has 0 aromatic heterocycles. The molecular formula is C20H33N3O5P-.